The van der Waals surface area contributed by atoms with Crippen LogP contribution in [0.25, 0.3) is 0 Å². The van der Waals surface area contributed by atoms with Crippen LogP contribution in [-0.4, -0.2) is 30.6 Å². The molecule has 0 amide bonds. The molecule has 1 aromatic heterocycles. The molecule has 0 saturated carbocycles. The van der Waals surface area contributed by atoms with Crippen molar-refractivity contribution in [3.8, 4) is 5.75 Å². The molecule has 0 saturated heterocycles. The van der Waals surface area contributed by atoms with Crippen molar-refractivity contribution in [2.75, 3.05) is 20.3 Å². The van der Waals surface area contributed by atoms with Crippen LogP contribution in [0, 0.1) is 6.92 Å². The van der Waals surface area contributed by atoms with Crippen molar-refractivity contribution >= 4 is 15.9 Å². The van der Waals surface area contributed by atoms with Crippen LogP contribution in [0.4, 0.5) is 0 Å². The third-order valence-corrected chi connectivity index (χ3v) is 3.71. The van der Waals surface area contributed by atoms with E-state index in [1.54, 1.807) is 7.11 Å². The van der Waals surface area contributed by atoms with Crippen LogP contribution in [0.3, 0.4) is 0 Å². The highest BCUT2D eigenvalue weighted by Crippen LogP contribution is 2.23. The van der Waals surface area contributed by atoms with Crippen molar-refractivity contribution in [2.24, 2.45) is 0 Å². The molecule has 0 aliphatic heterocycles. The van der Waals surface area contributed by atoms with E-state index in [1.165, 1.54) is 0 Å². The first-order chi connectivity index (χ1) is 10.2. The van der Waals surface area contributed by atoms with E-state index in [1.807, 2.05) is 25.1 Å². The van der Waals surface area contributed by atoms with Gasteiger partial charge in [-0.15, -0.1) is 0 Å². The van der Waals surface area contributed by atoms with Crippen molar-refractivity contribution in [3.05, 3.63) is 39.6 Å². The second kappa shape index (κ2) is 8.11. The Morgan fingerprint density at radius 2 is 2.19 bits per heavy atom. The van der Waals surface area contributed by atoms with E-state index in [9.17, 15) is 0 Å². The zero-order valence-corrected chi connectivity index (χ0v) is 13.6. The van der Waals surface area contributed by atoms with Gasteiger partial charge in [-0.25, -0.2) is 4.63 Å². The fourth-order valence-corrected chi connectivity index (χ4v) is 2.09. The standard InChI is InChI=1S/C14H18BrN3O3/c1-10-14(18-21-17-10)9-20-12-3-4-13(15)11(7-12)8-16-5-6-19-2/h3-4,7,16H,5-6,8-9H2,1-2H3. The number of halogens is 1. The first-order valence-electron chi connectivity index (χ1n) is 6.59. The molecular weight excluding hydrogens is 338 g/mol. The average molecular weight is 356 g/mol. The van der Waals surface area contributed by atoms with Crippen LogP contribution in [-0.2, 0) is 17.9 Å². The highest BCUT2D eigenvalue weighted by Gasteiger charge is 2.07. The lowest BCUT2D eigenvalue weighted by atomic mass is 10.2. The molecule has 2 rings (SSSR count). The largest absolute Gasteiger partial charge is 0.487 e. The Morgan fingerprint density at radius 3 is 2.90 bits per heavy atom. The van der Waals surface area contributed by atoms with Crippen molar-refractivity contribution in [2.45, 2.75) is 20.1 Å². The summed E-state index contributed by atoms with van der Waals surface area (Å²) in [6, 6.07) is 5.87. The predicted octanol–water partition coefficient (Wildman–Crippen LogP) is 2.46. The minimum atomic E-state index is 0.341. The van der Waals surface area contributed by atoms with E-state index in [-0.39, 0.29) is 0 Å². The lowest BCUT2D eigenvalue weighted by molar-refractivity contribution is 0.199. The summed E-state index contributed by atoms with van der Waals surface area (Å²) in [6.45, 7) is 4.41. The van der Waals surface area contributed by atoms with Gasteiger partial charge in [-0.2, -0.15) is 0 Å². The molecule has 1 aromatic carbocycles. The molecule has 1 N–H and O–H groups in total. The van der Waals surface area contributed by atoms with E-state index in [4.69, 9.17) is 9.47 Å². The van der Waals surface area contributed by atoms with Gasteiger partial charge in [0.15, 0.2) is 0 Å². The molecule has 1 heterocycles. The molecule has 0 bridgehead atoms. The monoisotopic (exact) mass is 355 g/mol. The summed E-state index contributed by atoms with van der Waals surface area (Å²) in [5, 5.41) is 10.8. The second-order valence-electron chi connectivity index (χ2n) is 4.51. The number of benzene rings is 1. The van der Waals surface area contributed by atoms with Gasteiger partial charge in [0.25, 0.3) is 0 Å². The smallest absolute Gasteiger partial charge is 0.145 e. The average Bonchev–Trinajstić information content (AvgIpc) is 2.89. The molecule has 114 valence electrons. The van der Waals surface area contributed by atoms with E-state index in [0.29, 0.717) is 18.9 Å². The normalized spacial score (nSPS) is 10.8. The quantitative estimate of drug-likeness (QED) is 0.733. The highest BCUT2D eigenvalue weighted by atomic mass is 79.9. The van der Waals surface area contributed by atoms with Crippen molar-refractivity contribution in [1.29, 1.82) is 0 Å². The van der Waals surface area contributed by atoms with Crippen LogP contribution >= 0.6 is 15.9 Å². The van der Waals surface area contributed by atoms with Crippen LogP contribution < -0.4 is 10.1 Å². The van der Waals surface area contributed by atoms with Gasteiger partial charge in [-0.05, 0) is 30.7 Å². The Morgan fingerprint density at radius 1 is 1.33 bits per heavy atom. The summed E-state index contributed by atoms with van der Waals surface area (Å²) in [5.41, 5.74) is 2.57. The number of nitrogens with zero attached hydrogens (tertiary/aromatic N) is 2. The summed E-state index contributed by atoms with van der Waals surface area (Å²) in [4.78, 5) is 0. The fourth-order valence-electron chi connectivity index (χ4n) is 1.71. The molecule has 0 radical (unpaired) electrons. The molecule has 7 heteroatoms. The molecule has 0 spiro atoms. The van der Waals surface area contributed by atoms with Crippen LogP contribution in [0.5, 0.6) is 5.75 Å². The first-order valence-corrected chi connectivity index (χ1v) is 7.39. The lowest BCUT2D eigenvalue weighted by Crippen LogP contribution is -2.18. The summed E-state index contributed by atoms with van der Waals surface area (Å²) in [5.74, 6) is 0.782. The van der Waals surface area contributed by atoms with Crippen molar-refractivity contribution in [1.82, 2.24) is 15.6 Å². The molecule has 2 aromatic rings. The maximum Gasteiger partial charge on any atom is 0.145 e. The minimum Gasteiger partial charge on any atom is -0.487 e. The van der Waals surface area contributed by atoms with Crippen molar-refractivity contribution < 1.29 is 14.1 Å². The molecule has 0 aliphatic rings. The molecule has 0 unspecified atom stereocenters. The van der Waals surface area contributed by atoms with E-state index in [2.05, 4.69) is 36.2 Å². The third-order valence-electron chi connectivity index (χ3n) is 2.94. The highest BCUT2D eigenvalue weighted by molar-refractivity contribution is 9.10. The summed E-state index contributed by atoms with van der Waals surface area (Å²) < 4.78 is 16.4. The van der Waals surface area contributed by atoms with Crippen LogP contribution in [0.2, 0.25) is 0 Å². The molecular formula is C14H18BrN3O3. The second-order valence-corrected chi connectivity index (χ2v) is 5.36. The maximum absolute atomic E-state index is 5.72. The van der Waals surface area contributed by atoms with Crippen LogP contribution in [0.1, 0.15) is 17.0 Å². The number of nitrogens with one attached hydrogen (secondary N) is 1. The summed E-state index contributed by atoms with van der Waals surface area (Å²) >= 11 is 3.54. The fraction of sp³-hybridized carbons (Fsp3) is 0.429. The first kappa shape index (κ1) is 15.9. The lowest BCUT2D eigenvalue weighted by Gasteiger charge is -2.10. The molecule has 0 aliphatic carbocycles. The third kappa shape index (κ3) is 4.80. The zero-order valence-electron chi connectivity index (χ0n) is 12.1. The molecule has 0 atom stereocenters. The van der Waals surface area contributed by atoms with Gasteiger partial charge in [0.05, 0.1) is 6.61 Å². The van der Waals surface area contributed by atoms with E-state index < -0.39 is 0 Å². The molecule has 21 heavy (non-hydrogen) atoms. The Labute approximate surface area is 131 Å². The Hall–Kier alpha value is -1.44. The Kier molecular flexibility index (Phi) is 6.16. The van der Waals surface area contributed by atoms with Gasteiger partial charge in [-0.1, -0.05) is 26.2 Å². The number of aryl methyl sites for hydroxylation is 1. The number of rotatable bonds is 8. The van der Waals surface area contributed by atoms with Gasteiger partial charge in [0.2, 0.25) is 0 Å². The van der Waals surface area contributed by atoms with E-state index in [0.717, 1.165) is 34.6 Å². The summed E-state index contributed by atoms with van der Waals surface area (Å²) in [7, 11) is 1.69. The number of aromatic nitrogens is 2. The Balaban J connectivity index is 1.93. The number of ether oxygens (including phenoxy) is 2. The predicted molar refractivity (Wildman–Crippen MR) is 81.1 cm³/mol. The van der Waals surface area contributed by atoms with Crippen molar-refractivity contribution in [3.63, 3.8) is 0 Å². The Bertz CT molecular complexity index is 574. The minimum absolute atomic E-state index is 0.341. The topological polar surface area (TPSA) is 69.4 Å². The van der Waals surface area contributed by atoms with E-state index >= 15 is 0 Å². The summed E-state index contributed by atoms with van der Waals surface area (Å²) in [6.07, 6.45) is 0. The number of hydrogen-bond donors (Lipinski definition) is 1. The zero-order chi connectivity index (χ0) is 15.1. The van der Waals surface area contributed by atoms with Crippen LogP contribution in [0.15, 0.2) is 27.3 Å². The van der Waals surface area contributed by atoms with Gasteiger partial charge in [0.1, 0.15) is 23.7 Å². The van der Waals surface area contributed by atoms with Gasteiger partial charge in [-0.3, -0.25) is 0 Å². The van der Waals surface area contributed by atoms with Gasteiger partial charge >= 0.3 is 0 Å². The number of methoxy groups -OCH3 is 1. The van der Waals surface area contributed by atoms with Gasteiger partial charge in [0, 0.05) is 24.7 Å². The number of hydrogen-bond acceptors (Lipinski definition) is 6. The SMILES string of the molecule is COCCNCc1cc(OCc2nonc2C)ccc1Br. The molecule has 0 fully saturated rings. The van der Waals surface area contributed by atoms with Gasteiger partial charge < -0.3 is 14.8 Å². The maximum atomic E-state index is 5.72. The molecule has 6 nitrogen and oxygen atoms in total.